The van der Waals surface area contributed by atoms with Gasteiger partial charge in [0.1, 0.15) is 5.82 Å². The maximum absolute atomic E-state index is 12.9. The lowest BCUT2D eigenvalue weighted by Crippen LogP contribution is -2.49. The fraction of sp³-hybridized carbons (Fsp3) is 0.647. The van der Waals surface area contributed by atoms with Crippen LogP contribution in [-0.2, 0) is 11.2 Å². The second-order valence-electron chi connectivity index (χ2n) is 6.05. The largest absolute Gasteiger partial charge is 0.390 e. The monoisotopic (exact) mass is 280 g/mol. The molecule has 1 fully saturated rings. The predicted octanol–water partition coefficient (Wildman–Crippen LogP) is 3.71. The lowest BCUT2D eigenvalue weighted by molar-refractivity contribution is -0.147. The van der Waals surface area contributed by atoms with Crippen molar-refractivity contribution in [3.8, 4) is 0 Å². The molecule has 0 aliphatic heterocycles. The molecule has 1 N–H and O–H groups in total. The van der Waals surface area contributed by atoms with Crippen LogP contribution in [0.25, 0.3) is 0 Å². The average molecular weight is 280 g/mol. The van der Waals surface area contributed by atoms with Crippen LogP contribution in [-0.4, -0.2) is 23.4 Å². The maximum atomic E-state index is 12.9. The highest BCUT2D eigenvalue weighted by atomic mass is 19.1. The van der Waals surface area contributed by atoms with Gasteiger partial charge < -0.3 is 9.84 Å². The highest BCUT2D eigenvalue weighted by Crippen LogP contribution is 2.38. The van der Waals surface area contributed by atoms with Crippen molar-refractivity contribution in [1.82, 2.24) is 0 Å². The summed E-state index contributed by atoms with van der Waals surface area (Å²) in [6, 6.07) is 6.37. The van der Waals surface area contributed by atoms with E-state index in [1.54, 1.807) is 12.1 Å². The van der Waals surface area contributed by atoms with Gasteiger partial charge in [0.05, 0.1) is 11.7 Å². The number of aliphatic hydroxyl groups is 1. The van der Waals surface area contributed by atoms with E-state index in [9.17, 15) is 9.50 Å². The number of hydrogen-bond acceptors (Lipinski definition) is 2. The Morgan fingerprint density at radius 3 is 2.70 bits per heavy atom. The van der Waals surface area contributed by atoms with E-state index in [0.717, 1.165) is 24.8 Å². The van der Waals surface area contributed by atoms with Gasteiger partial charge in [-0.15, -0.1) is 0 Å². The van der Waals surface area contributed by atoms with Crippen LogP contribution in [0.4, 0.5) is 4.39 Å². The molecule has 0 radical (unpaired) electrons. The first kappa shape index (κ1) is 15.5. The molecular formula is C17H25FO2. The van der Waals surface area contributed by atoms with E-state index in [1.807, 2.05) is 6.92 Å². The third kappa shape index (κ3) is 3.58. The van der Waals surface area contributed by atoms with Crippen molar-refractivity contribution >= 4 is 0 Å². The van der Waals surface area contributed by atoms with Crippen molar-refractivity contribution in [2.24, 2.45) is 5.92 Å². The van der Waals surface area contributed by atoms with Crippen molar-refractivity contribution < 1.29 is 14.2 Å². The van der Waals surface area contributed by atoms with Crippen molar-refractivity contribution in [3.05, 3.63) is 35.6 Å². The van der Waals surface area contributed by atoms with Crippen LogP contribution in [0, 0.1) is 11.7 Å². The maximum Gasteiger partial charge on any atom is 0.123 e. The molecule has 1 aromatic carbocycles. The van der Waals surface area contributed by atoms with Gasteiger partial charge in [-0.25, -0.2) is 4.39 Å². The number of rotatable bonds is 5. The van der Waals surface area contributed by atoms with E-state index in [2.05, 4.69) is 6.92 Å². The smallest absolute Gasteiger partial charge is 0.123 e. The van der Waals surface area contributed by atoms with E-state index in [0.29, 0.717) is 18.9 Å². The Kier molecular flexibility index (Phi) is 5.17. The minimum Gasteiger partial charge on any atom is -0.390 e. The van der Waals surface area contributed by atoms with Gasteiger partial charge in [-0.05, 0) is 43.4 Å². The number of aliphatic hydroxyl groups excluding tert-OH is 1. The molecule has 1 aliphatic carbocycles. The van der Waals surface area contributed by atoms with Gasteiger partial charge in [0.25, 0.3) is 0 Å². The van der Waals surface area contributed by atoms with Crippen LogP contribution in [0.1, 0.15) is 45.1 Å². The van der Waals surface area contributed by atoms with E-state index in [4.69, 9.17) is 4.74 Å². The zero-order chi connectivity index (χ0) is 14.6. The second kappa shape index (κ2) is 6.68. The minimum absolute atomic E-state index is 0.242. The van der Waals surface area contributed by atoms with Crippen molar-refractivity contribution in [2.45, 2.75) is 57.7 Å². The van der Waals surface area contributed by atoms with E-state index >= 15 is 0 Å². The summed E-state index contributed by atoms with van der Waals surface area (Å²) < 4.78 is 18.9. The summed E-state index contributed by atoms with van der Waals surface area (Å²) in [7, 11) is 0. The lowest BCUT2D eigenvalue weighted by atomic mass is 9.74. The summed E-state index contributed by atoms with van der Waals surface area (Å²) in [6.07, 6.45) is 4.11. The third-order valence-electron chi connectivity index (χ3n) is 4.37. The molecule has 3 unspecified atom stereocenters. The van der Waals surface area contributed by atoms with Crippen molar-refractivity contribution in [3.63, 3.8) is 0 Å². The molecule has 3 heteroatoms. The molecule has 0 heterocycles. The molecule has 1 aromatic rings. The quantitative estimate of drug-likeness (QED) is 0.891. The Hall–Kier alpha value is -0.930. The van der Waals surface area contributed by atoms with Crippen LogP contribution in [0.2, 0.25) is 0 Å². The van der Waals surface area contributed by atoms with E-state index in [1.165, 1.54) is 18.6 Å². The van der Waals surface area contributed by atoms with Gasteiger partial charge in [-0.3, -0.25) is 0 Å². The highest BCUT2D eigenvalue weighted by molar-refractivity contribution is 5.18. The van der Waals surface area contributed by atoms with Crippen LogP contribution in [0.15, 0.2) is 24.3 Å². The standard InChI is InChI=1S/C17H25FO2/c1-3-20-17(10-4-5-13(2)12-17)16(19)11-14-6-8-15(18)9-7-14/h6-9,13,16,19H,3-5,10-12H2,1-2H3. The Morgan fingerprint density at radius 2 is 2.10 bits per heavy atom. The molecule has 0 saturated heterocycles. The molecule has 1 saturated carbocycles. The third-order valence-corrected chi connectivity index (χ3v) is 4.37. The summed E-state index contributed by atoms with van der Waals surface area (Å²) >= 11 is 0. The molecule has 2 rings (SSSR count). The lowest BCUT2D eigenvalue weighted by Gasteiger charge is -2.43. The molecule has 2 nitrogen and oxygen atoms in total. The number of hydrogen-bond donors (Lipinski definition) is 1. The zero-order valence-corrected chi connectivity index (χ0v) is 12.4. The Labute approximate surface area is 121 Å². The molecule has 0 aromatic heterocycles. The molecule has 112 valence electrons. The fourth-order valence-electron chi connectivity index (χ4n) is 3.39. The molecule has 0 spiro atoms. The van der Waals surface area contributed by atoms with Crippen molar-refractivity contribution in [2.75, 3.05) is 6.61 Å². The highest BCUT2D eigenvalue weighted by Gasteiger charge is 2.41. The van der Waals surface area contributed by atoms with Gasteiger partial charge >= 0.3 is 0 Å². The van der Waals surface area contributed by atoms with E-state index in [-0.39, 0.29) is 5.82 Å². The Balaban J connectivity index is 2.10. The molecule has 20 heavy (non-hydrogen) atoms. The molecule has 3 atom stereocenters. The van der Waals surface area contributed by atoms with Crippen LogP contribution < -0.4 is 0 Å². The topological polar surface area (TPSA) is 29.5 Å². The fourth-order valence-corrected chi connectivity index (χ4v) is 3.39. The normalized spacial score (nSPS) is 28.3. The van der Waals surface area contributed by atoms with Gasteiger partial charge in [0.2, 0.25) is 0 Å². The van der Waals surface area contributed by atoms with Gasteiger partial charge in [0.15, 0.2) is 0 Å². The summed E-state index contributed by atoms with van der Waals surface area (Å²) in [4.78, 5) is 0. The summed E-state index contributed by atoms with van der Waals surface area (Å²) in [5.74, 6) is 0.340. The number of ether oxygens (including phenoxy) is 1. The second-order valence-corrected chi connectivity index (χ2v) is 6.05. The predicted molar refractivity (Wildman–Crippen MR) is 78.1 cm³/mol. The SMILES string of the molecule is CCOC1(C(O)Cc2ccc(F)cc2)CCCC(C)C1. The first-order valence-electron chi connectivity index (χ1n) is 7.62. The first-order valence-corrected chi connectivity index (χ1v) is 7.62. The zero-order valence-electron chi connectivity index (χ0n) is 12.4. The molecular weight excluding hydrogens is 255 g/mol. The number of halogens is 1. The summed E-state index contributed by atoms with van der Waals surface area (Å²) in [6.45, 7) is 4.82. The molecule has 0 bridgehead atoms. The molecule has 1 aliphatic rings. The molecule has 0 amide bonds. The van der Waals surface area contributed by atoms with E-state index < -0.39 is 11.7 Å². The summed E-state index contributed by atoms with van der Waals surface area (Å²) in [5.41, 5.74) is 0.525. The van der Waals surface area contributed by atoms with Crippen LogP contribution in [0.3, 0.4) is 0 Å². The Bertz CT molecular complexity index is 414. The summed E-state index contributed by atoms with van der Waals surface area (Å²) in [5, 5.41) is 10.7. The van der Waals surface area contributed by atoms with Crippen LogP contribution >= 0.6 is 0 Å². The van der Waals surface area contributed by atoms with Crippen molar-refractivity contribution in [1.29, 1.82) is 0 Å². The van der Waals surface area contributed by atoms with Gasteiger partial charge in [0, 0.05) is 13.0 Å². The Morgan fingerprint density at radius 1 is 1.40 bits per heavy atom. The number of benzene rings is 1. The first-order chi connectivity index (χ1) is 9.55. The van der Waals surface area contributed by atoms with Crippen LogP contribution in [0.5, 0.6) is 0 Å². The minimum atomic E-state index is -0.532. The average Bonchev–Trinajstić information content (AvgIpc) is 2.41. The van der Waals surface area contributed by atoms with Gasteiger partial charge in [-0.1, -0.05) is 31.9 Å². The van der Waals surface area contributed by atoms with Gasteiger partial charge in [-0.2, -0.15) is 0 Å².